The standard InChI is InChI=1S/C12H17N3O3/c1-13(2)12(16)9-14(3)8-10-6-4-5-7-11(10)15(17)18/h4-7H,8-9H2,1-3H3. The summed E-state index contributed by atoms with van der Waals surface area (Å²) in [6, 6.07) is 6.56. The third-order valence-electron chi connectivity index (χ3n) is 2.53. The number of nitro groups is 1. The largest absolute Gasteiger partial charge is 0.348 e. The van der Waals surface area contributed by atoms with Crippen LogP contribution >= 0.6 is 0 Å². The lowest BCUT2D eigenvalue weighted by molar-refractivity contribution is -0.385. The number of carbonyl (C=O) groups excluding carboxylic acids is 1. The molecule has 0 bridgehead atoms. The zero-order chi connectivity index (χ0) is 13.7. The van der Waals surface area contributed by atoms with Gasteiger partial charge in [0.1, 0.15) is 0 Å². The van der Waals surface area contributed by atoms with E-state index in [1.54, 1.807) is 44.2 Å². The second kappa shape index (κ2) is 6.11. The summed E-state index contributed by atoms with van der Waals surface area (Å²) < 4.78 is 0. The van der Waals surface area contributed by atoms with E-state index in [0.29, 0.717) is 12.1 Å². The van der Waals surface area contributed by atoms with Crippen LogP contribution in [0.5, 0.6) is 0 Å². The minimum Gasteiger partial charge on any atom is -0.348 e. The Kier molecular flexibility index (Phi) is 4.79. The minimum absolute atomic E-state index is 0.0314. The van der Waals surface area contributed by atoms with Gasteiger partial charge in [0.25, 0.3) is 5.69 Å². The van der Waals surface area contributed by atoms with E-state index < -0.39 is 4.92 Å². The topological polar surface area (TPSA) is 66.7 Å². The van der Waals surface area contributed by atoms with Crippen LogP contribution in [-0.4, -0.2) is 48.3 Å². The lowest BCUT2D eigenvalue weighted by atomic mass is 10.1. The van der Waals surface area contributed by atoms with Crippen LogP contribution in [0.2, 0.25) is 0 Å². The molecule has 0 aliphatic rings. The van der Waals surface area contributed by atoms with Crippen LogP contribution in [0.25, 0.3) is 0 Å². The monoisotopic (exact) mass is 251 g/mol. The number of benzene rings is 1. The molecule has 0 atom stereocenters. The highest BCUT2D eigenvalue weighted by Gasteiger charge is 2.15. The van der Waals surface area contributed by atoms with Crippen LogP contribution < -0.4 is 0 Å². The average molecular weight is 251 g/mol. The Bertz CT molecular complexity index is 446. The maximum absolute atomic E-state index is 11.5. The molecule has 6 heteroatoms. The van der Waals surface area contributed by atoms with Crippen LogP contribution in [0, 0.1) is 10.1 Å². The summed E-state index contributed by atoms with van der Waals surface area (Å²) in [5.74, 6) is -0.0314. The van der Waals surface area contributed by atoms with Gasteiger partial charge in [-0.05, 0) is 7.05 Å². The molecule has 1 amide bonds. The van der Waals surface area contributed by atoms with Crippen molar-refractivity contribution in [2.45, 2.75) is 6.54 Å². The van der Waals surface area contributed by atoms with Crippen molar-refractivity contribution >= 4 is 11.6 Å². The van der Waals surface area contributed by atoms with Crippen molar-refractivity contribution in [1.29, 1.82) is 0 Å². The van der Waals surface area contributed by atoms with Gasteiger partial charge in [0, 0.05) is 32.3 Å². The van der Waals surface area contributed by atoms with Gasteiger partial charge < -0.3 is 4.90 Å². The van der Waals surface area contributed by atoms with E-state index in [1.807, 2.05) is 0 Å². The molecule has 0 aliphatic carbocycles. The SMILES string of the molecule is CN(CC(=O)N(C)C)Cc1ccccc1[N+](=O)[O-]. The van der Waals surface area contributed by atoms with E-state index >= 15 is 0 Å². The van der Waals surface area contributed by atoms with Gasteiger partial charge in [-0.3, -0.25) is 19.8 Å². The molecule has 0 radical (unpaired) electrons. The number of hydrogen-bond acceptors (Lipinski definition) is 4. The first-order valence-electron chi connectivity index (χ1n) is 5.53. The predicted octanol–water partition coefficient (Wildman–Crippen LogP) is 1.11. The highest BCUT2D eigenvalue weighted by atomic mass is 16.6. The Hall–Kier alpha value is -1.95. The van der Waals surface area contributed by atoms with Crippen molar-refractivity contribution in [1.82, 2.24) is 9.80 Å². The quantitative estimate of drug-likeness (QED) is 0.581. The van der Waals surface area contributed by atoms with Crippen molar-refractivity contribution in [2.75, 3.05) is 27.7 Å². The molecule has 0 fully saturated rings. The van der Waals surface area contributed by atoms with Gasteiger partial charge in [-0.15, -0.1) is 0 Å². The van der Waals surface area contributed by atoms with Crippen molar-refractivity contribution in [2.24, 2.45) is 0 Å². The molecule has 0 saturated carbocycles. The number of para-hydroxylation sites is 1. The molecule has 6 nitrogen and oxygen atoms in total. The molecule has 1 rings (SSSR count). The van der Waals surface area contributed by atoms with Crippen molar-refractivity contribution in [3.8, 4) is 0 Å². The fourth-order valence-corrected chi connectivity index (χ4v) is 1.54. The highest BCUT2D eigenvalue weighted by Crippen LogP contribution is 2.18. The van der Waals surface area contributed by atoms with Crippen molar-refractivity contribution < 1.29 is 9.72 Å². The van der Waals surface area contributed by atoms with Gasteiger partial charge in [0.2, 0.25) is 5.91 Å². The summed E-state index contributed by atoms with van der Waals surface area (Å²) in [7, 11) is 5.13. The molecule has 0 aliphatic heterocycles. The summed E-state index contributed by atoms with van der Waals surface area (Å²) in [5.41, 5.74) is 0.693. The van der Waals surface area contributed by atoms with E-state index in [9.17, 15) is 14.9 Å². The number of amides is 1. The Balaban J connectivity index is 2.73. The van der Waals surface area contributed by atoms with Crippen molar-refractivity contribution in [3.05, 3.63) is 39.9 Å². The van der Waals surface area contributed by atoms with Crippen LogP contribution in [0.3, 0.4) is 0 Å². The Morgan fingerprint density at radius 2 is 1.89 bits per heavy atom. The molecular formula is C12H17N3O3. The summed E-state index contributed by atoms with van der Waals surface area (Å²) in [5, 5.41) is 10.8. The zero-order valence-electron chi connectivity index (χ0n) is 10.8. The average Bonchev–Trinajstić information content (AvgIpc) is 2.28. The molecular weight excluding hydrogens is 234 g/mol. The third kappa shape index (κ3) is 3.81. The fraction of sp³-hybridized carbons (Fsp3) is 0.417. The molecule has 0 N–H and O–H groups in total. The first-order chi connectivity index (χ1) is 8.41. The van der Waals surface area contributed by atoms with E-state index in [1.165, 1.54) is 11.0 Å². The molecule has 0 saturated heterocycles. The molecule has 18 heavy (non-hydrogen) atoms. The fourth-order valence-electron chi connectivity index (χ4n) is 1.54. The normalized spacial score (nSPS) is 10.4. The van der Waals surface area contributed by atoms with Crippen LogP contribution in [0.1, 0.15) is 5.56 Å². The van der Waals surface area contributed by atoms with Crippen LogP contribution in [0.4, 0.5) is 5.69 Å². The molecule has 1 aromatic carbocycles. The predicted molar refractivity (Wildman–Crippen MR) is 68.1 cm³/mol. The number of likely N-dealkylation sites (N-methyl/N-ethyl adjacent to an activating group) is 2. The minimum atomic E-state index is -0.406. The van der Waals surface area contributed by atoms with E-state index in [0.717, 1.165) is 0 Å². The summed E-state index contributed by atoms with van der Waals surface area (Å²) >= 11 is 0. The highest BCUT2D eigenvalue weighted by molar-refractivity contribution is 5.77. The second-order valence-corrected chi connectivity index (χ2v) is 4.35. The molecule has 1 aromatic rings. The number of rotatable bonds is 5. The van der Waals surface area contributed by atoms with Crippen LogP contribution in [-0.2, 0) is 11.3 Å². The Morgan fingerprint density at radius 3 is 2.44 bits per heavy atom. The molecule has 98 valence electrons. The third-order valence-corrected chi connectivity index (χ3v) is 2.53. The second-order valence-electron chi connectivity index (χ2n) is 4.35. The lowest BCUT2D eigenvalue weighted by Gasteiger charge is -2.18. The first kappa shape index (κ1) is 14.1. The van der Waals surface area contributed by atoms with Gasteiger partial charge in [0.15, 0.2) is 0 Å². The lowest BCUT2D eigenvalue weighted by Crippen LogP contribution is -2.34. The molecule has 0 spiro atoms. The van der Waals surface area contributed by atoms with E-state index in [2.05, 4.69) is 0 Å². The Labute approximate surface area is 106 Å². The maximum atomic E-state index is 11.5. The molecule has 0 heterocycles. The summed E-state index contributed by atoms with van der Waals surface area (Å²) in [6.07, 6.45) is 0. The number of nitrogens with zero attached hydrogens (tertiary/aromatic N) is 3. The first-order valence-corrected chi connectivity index (χ1v) is 5.53. The van der Waals surface area contributed by atoms with Crippen LogP contribution in [0.15, 0.2) is 24.3 Å². The number of hydrogen-bond donors (Lipinski definition) is 0. The Morgan fingerprint density at radius 1 is 1.28 bits per heavy atom. The maximum Gasteiger partial charge on any atom is 0.273 e. The van der Waals surface area contributed by atoms with Gasteiger partial charge in [-0.25, -0.2) is 0 Å². The van der Waals surface area contributed by atoms with Gasteiger partial charge in [0.05, 0.1) is 11.5 Å². The van der Waals surface area contributed by atoms with Gasteiger partial charge in [-0.1, -0.05) is 18.2 Å². The van der Waals surface area contributed by atoms with Crippen molar-refractivity contribution in [3.63, 3.8) is 0 Å². The number of carbonyl (C=O) groups is 1. The van der Waals surface area contributed by atoms with E-state index in [-0.39, 0.29) is 18.1 Å². The van der Waals surface area contributed by atoms with Gasteiger partial charge in [-0.2, -0.15) is 0 Å². The summed E-state index contributed by atoms with van der Waals surface area (Å²) in [6.45, 7) is 0.607. The van der Waals surface area contributed by atoms with E-state index in [4.69, 9.17) is 0 Å². The van der Waals surface area contributed by atoms with Gasteiger partial charge >= 0.3 is 0 Å². The number of nitro benzene ring substituents is 1. The summed E-state index contributed by atoms with van der Waals surface area (Å²) in [4.78, 5) is 25.2. The molecule has 0 unspecified atom stereocenters. The smallest absolute Gasteiger partial charge is 0.273 e. The zero-order valence-corrected chi connectivity index (χ0v) is 10.8. The molecule has 0 aromatic heterocycles.